The number of hydrogen-bond acceptors (Lipinski definition) is 3. The molecule has 22 heavy (non-hydrogen) atoms. The molecule has 0 aliphatic heterocycles. The molecule has 0 saturated carbocycles. The normalized spacial score (nSPS) is 15.5. The summed E-state index contributed by atoms with van der Waals surface area (Å²) in [6, 6.07) is 0.308. The molecule has 9 heteroatoms. The van der Waals surface area contributed by atoms with Crippen LogP contribution in [0.2, 0.25) is 0 Å². The summed E-state index contributed by atoms with van der Waals surface area (Å²) in [6.07, 6.45) is -3.76. The number of alkyl halides is 3. The highest BCUT2D eigenvalue weighted by atomic mass is 32.2. The number of aromatic nitrogens is 1. The van der Waals surface area contributed by atoms with E-state index in [0.29, 0.717) is 0 Å². The van der Waals surface area contributed by atoms with Gasteiger partial charge in [0.05, 0.1) is 21.9 Å². The average molecular weight is 342 g/mol. The van der Waals surface area contributed by atoms with Gasteiger partial charge in [-0.2, -0.15) is 13.2 Å². The van der Waals surface area contributed by atoms with Crippen molar-refractivity contribution in [2.45, 2.75) is 44.7 Å². The highest BCUT2D eigenvalue weighted by Crippen LogP contribution is 2.27. The summed E-state index contributed by atoms with van der Waals surface area (Å²) >= 11 is 0. The Bertz CT molecular complexity index is 544. The van der Waals surface area contributed by atoms with E-state index >= 15 is 0 Å². The van der Waals surface area contributed by atoms with Crippen LogP contribution in [0.3, 0.4) is 0 Å². The predicted molar refractivity (Wildman–Crippen MR) is 75.2 cm³/mol. The number of ether oxygens (including phenoxy) is 1. The first-order chi connectivity index (χ1) is 9.90. The van der Waals surface area contributed by atoms with Crippen LogP contribution in [0.25, 0.3) is 0 Å². The zero-order valence-electron chi connectivity index (χ0n) is 12.6. The minimum absolute atomic E-state index is 0.0712. The Morgan fingerprint density at radius 1 is 1.36 bits per heavy atom. The van der Waals surface area contributed by atoms with E-state index in [0.717, 1.165) is 12.3 Å². The number of nitrogens with zero attached hydrogens (tertiary/aromatic N) is 1. The highest BCUT2D eigenvalue weighted by Gasteiger charge is 2.30. The van der Waals surface area contributed by atoms with E-state index < -0.39 is 40.4 Å². The van der Waals surface area contributed by atoms with Crippen molar-refractivity contribution in [2.75, 3.05) is 6.61 Å². The van der Waals surface area contributed by atoms with Crippen molar-refractivity contribution >= 4 is 11.0 Å². The minimum atomic E-state index is -4.53. The van der Waals surface area contributed by atoms with Crippen molar-refractivity contribution in [3.05, 3.63) is 23.6 Å². The summed E-state index contributed by atoms with van der Waals surface area (Å²) in [5, 5.41) is 0. The third-order valence-corrected chi connectivity index (χ3v) is 4.20. The predicted octanol–water partition coefficient (Wildman–Crippen LogP) is 3.27. The summed E-state index contributed by atoms with van der Waals surface area (Å²) in [7, 11) is -1.48. The molecule has 126 valence electrons. The van der Waals surface area contributed by atoms with Crippen LogP contribution in [0.5, 0.6) is 5.88 Å². The molecular weight excluding hydrogens is 324 g/mol. The Labute approximate surface area is 128 Å². The average Bonchev–Trinajstić information content (AvgIpc) is 2.34. The number of hydrogen-bond donors (Lipinski definition) is 1. The van der Waals surface area contributed by atoms with Crippen LogP contribution in [0.15, 0.2) is 12.3 Å². The number of pyridine rings is 1. The van der Waals surface area contributed by atoms with Crippen LogP contribution in [0.4, 0.5) is 17.6 Å². The zero-order valence-corrected chi connectivity index (χ0v) is 13.4. The molecule has 4 nitrogen and oxygen atoms in total. The molecule has 0 radical (unpaired) electrons. The maximum atomic E-state index is 13.3. The zero-order chi connectivity index (χ0) is 17.1. The van der Waals surface area contributed by atoms with Crippen molar-refractivity contribution in [1.29, 1.82) is 0 Å². The van der Waals surface area contributed by atoms with Gasteiger partial charge in [0.1, 0.15) is 5.82 Å². The van der Waals surface area contributed by atoms with Gasteiger partial charge in [0.25, 0.3) is 0 Å². The van der Waals surface area contributed by atoms with Crippen molar-refractivity contribution in [1.82, 2.24) is 9.71 Å². The molecule has 1 rings (SSSR count). The van der Waals surface area contributed by atoms with Crippen LogP contribution in [0.1, 0.15) is 39.3 Å². The Morgan fingerprint density at radius 3 is 2.45 bits per heavy atom. The van der Waals surface area contributed by atoms with Crippen LogP contribution in [-0.4, -0.2) is 26.7 Å². The molecular formula is C13H18F4N2O2S. The summed E-state index contributed by atoms with van der Waals surface area (Å²) in [4.78, 5) is 3.54. The van der Waals surface area contributed by atoms with Gasteiger partial charge < -0.3 is 4.74 Å². The lowest BCUT2D eigenvalue weighted by Gasteiger charge is -2.23. The molecule has 2 atom stereocenters. The summed E-state index contributed by atoms with van der Waals surface area (Å²) in [5.41, 5.74) is 0.0712. The van der Waals surface area contributed by atoms with E-state index in [-0.39, 0.29) is 11.4 Å². The molecule has 1 heterocycles. The molecule has 1 aromatic rings. The third-order valence-electron chi connectivity index (χ3n) is 2.52. The van der Waals surface area contributed by atoms with Crippen LogP contribution in [-0.2, 0) is 11.0 Å². The number of rotatable bonds is 5. The van der Waals surface area contributed by atoms with E-state index in [1.807, 2.05) is 0 Å². The molecule has 1 aromatic heterocycles. The van der Waals surface area contributed by atoms with Gasteiger partial charge in [-0.15, -0.1) is 0 Å². The molecule has 0 aliphatic rings. The van der Waals surface area contributed by atoms with Gasteiger partial charge in [-0.25, -0.2) is 18.3 Å². The fraction of sp³-hybridized carbons (Fsp3) is 0.615. The second-order valence-corrected chi connectivity index (χ2v) is 7.67. The van der Waals surface area contributed by atoms with Crippen molar-refractivity contribution in [3.8, 4) is 5.88 Å². The fourth-order valence-electron chi connectivity index (χ4n) is 1.42. The van der Waals surface area contributed by atoms with Gasteiger partial charge in [0.15, 0.2) is 6.61 Å². The summed E-state index contributed by atoms with van der Waals surface area (Å²) < 4.78 is 68.7. The van der Waals surface area contributed by atoms with E-state index in [9.17, 15) is 21.8 Å². The van der Waals surface area contributed by atoms with Gasteiger partial charge in [0, 0.05) is 11.6 Å². The third kappa shape index (κ3) is 5.88. The summed E-state index contributed by atoms with van der Waals surface area (Å²) in [6.45, 7) is 5.20. The van der Waals surface area contributed by atoms with Gasteiger partial charge in [-0.1, -0.05) is 0 Å². The second kappa shape index (κ2) is 6.91. The molecule has 0 bridgehead atoms. The molecule has 1 N–H and O–H groups in total. The van der Waals surface area contributed by atoms with E-state index in [1.165, 1.54) is 0 Å². The van der Waals surface area contributed by atoms with Crippen LogP contribution in [0, 0.1) is 5.82 Å². The Hall–Kier alpha value is -1.22. The first kappa shape index (κ1) is 18.8. The van der Waals surface area contributed by atoms with E-state index in [1.54, 1.807) is 27.7 Å². The molecule has 0 spiro atoms. The van der Waals surface area contributed by atoms with Crippen LogP contribution < -0.4 is 9.46 Å². The maximum Gasteiger partial charge on any atom is 0.422 e. The lowest BCUT2D eigenvalue weighted by molar-refractivity contribution is -0.154. The fourth-order valence-corrected chi connectivity index (χ4v) is 2.23. The Balaban J connectivity index is 2.96. The van der Waals surface area contributed by atoms with Gasteiger partial charge >= 0.3 is 6.18 Å². The topological polar surface area (TPSA) is 51.2 Å². The largest absolute Gasteiger partial charge is 0.468 e. The molecule has 0 fully saturated rings. The SMILES string of the molecule is C[C@@H](N[S@](=O)C(C)(C)C)c1cc(F)cnc1OCC(F)(F)F. The smallest absolute Gasteiger partial charge is 0.422 e. The molecule has 0 aliphatic carbocycles. The highest BCUT2D eigenvalue weighted by molar-refractivity contribution is 7.84. The lowest BCUT2D eigenvalue weighted by Crippen LogP contribution is -2.35. The Morgan fingerprint density at radius 2 is 1.95 bits per heavy atom. The minimum Gasteiger partial charge on any atom is -0.468 e. The number of halogens is 4. The van der Waals surface area contributed by atoms with Crippen molar-refractivity contribution < 1.29 is 26.5 Å². The second-order valence-electron chi connectivity index (χ2n) is 5.67. The number of nitrogens with one attached hydrogen (secondary N) is 1. The quantitative estimate of drug-likeness (QED) is 0.836. The lowest BCUT2D eigenvalue weighted by atomic mass is 10.1. The molecule has 0 saturated heterocycles. The van der Waals surface area contributed by atoms with E-state index in [4.69, 9.17) is 0 Å². The van der Waals surface area contributed by atoms with Gasteiger partial charge in [-0.3, -0.25) is 0 Å². The summed E-state index contributed by atoms with van der Waals surface area (Å²) in [5.74, 6) is -1.06. The first-order valence-electron chi connectivity index (χ1n) is 6.43. The van der Waals surface area contributed by atoms with Gasteiger partial charge in [0.2, 0.25) is 5.88 Å². The van der Waals surface area contributed by atoms with Crippen molar-refractivity contribution in [2.24, 2.45) is 0 Å². The van der Waals surface area contributed by atoms with Crippen molar-refractivity contribution in [3.63, 3.8) is 0 Å². The van der Waals surface area contributed by atoms with E-state index in [2.05, 4.69) is 14.4 Å². The van der Waals surface area contributed by atoms with Crippen LogP contribution >= 0.6 is 0 Å². The monoisotopic (exact) mass is 342 g/mol. The maximum absolute atomic E-state index is 13.3. The Kier molecular flexibility index (Phi) is 5.91. The molecule has 0 amide bonds. The first-order valence-corrected chi connectivity index (χ1v) is 7.58. The molecule has 0 unspecified atom stereocenters. The van der Waals surface area contributed by atoms with Gasteiger partial charge in [-0.05, 0) is 33.8 Å². The molecule has 0 aromatic carbocycles. The standard InChI is InChI=1S/C13H18F4N2O2S/c1-8(19-22(20)12(2,3)4)10-5-9(14)6-18-11(10)21-7-13(15,16)17/h5-6,8,19H,7H2,1-4H3/t8-,22-/m1/s1.